The van der Waals surface area contributed by atoms with Crippen molar-refractivity contribution in [1.29, 1.82) is 0 Å². The average molecular weight is 414 g/mol. The number of halogens is 3. The Kier molecular flexibility index (Phi) is 6.94. The quantitative estimate of drug-likeness (QED) is 0.498. The monoisotopic (exact) mass is 413 g/mol. The first-order valence-electron chi connectivity index (χ1n) is 9.37. The summed E-state index contributed by atoms with van der Waals surface area (Å²) in [5, 5.41) is 0.657. The number of aryl methyl sites for hydroxylation is 2. The average Bonchev–Trinajstić information content (AvgIpc) is 2.71. The van der Waals surface area contributed by atoms with Gasteiger partial charge in [-0.1, -0.05) is 35.9 Å². The maximum atomic E-state index is 13.4. The van der Waals surface area contributed by atoms with E-state index in [1.165, 1.54) is 12.1 Å². The highest BCUT2D eigenvalue weighted by molar-refractivity contribution is 6.31. The molecule has 0 bridgehead atoms. The lowest BCUT2D eigenvalue weighted by Crippen LogP contribution is -2.02. The Bertz CT molecular complexity index is 1020. The number of anilines is 1. The molecule has 0 aliphatic rings. The van der Waals surface area contributed by atoms with Crippen LogP contribution in [-0.2, 0) is 12.8 Å². The van der Waals surface area contributed by atoms with Gasteiger partial charge in [-0.15, -0.1) is 0 Å². The van der Waals surface area contributed by atoms with E-state index in [2.05, 4.69) is 9.97 Å². The Morgan fingerprint density at radius 1 is 1.07 bits per heavy atom. The largest absolute Gasteiger partial charge is 0.368 e. The summed E-state index contributed by atoms with van der Waals surface area (Å²) in [5.74, 6) is -0.101. The zero-order chi connectivity index (χ0) is 20.8. The molecule has 0 saturated carbocycles. The van der Waals surface area contributed by atoms with Gasteiger partial charge in [-0.25, -0.2) is 18.7 Å². The third-order valence-corrected chi connectivity index (χ3v) is 5.25. The number of hydrogen-bond acceptors (Lipinski definition) is 3. The van der Waals surface area contributed by atoms with Crippen molar-refractivity contribution in [2.24, 2.45) is 0 Å². The first-order chi connectivity index (χ1) is 14.0. The summed E-state index contributed by atoms with van der Waals surface area (Å²) in [6, 6.07) is 13.8. The molecule has 0 spiro atoms. The molecule has 3 aromatic rings. The van der Waals surface area contributed by atoms with Crippen LogP contribution in [0.5, 0.6) is 0 Å². The van der Waals surface area contributed by atoms with Crippen LogP contribution in [0, 0.1) is 12.7 Å². The van der Waals surface area contributed by atoms with Crippen molar-refractivity contribution in [1.82, 2.24) is 9.97 Å². The number of hydrogen-bond donors (Lipinski definition) is 1. The van der Waals surface area contributed by atoms with Gasteiger partial charge in [0.05, 0.1) is 12.0 Å². The Morgan fingerprint density at radius 2 is 1.79 bits per heavy atom. The van der Waals surface area contributed by atoms with Gasteiger partial charge >= 0.3 is 0 Å². The normalized spacial score (nSPS) is 11.7. The second-order valence-corrected chi connectivity index (χ2v) is 7.32. The first kappa shape index (κ1) is 20.9. The molecule has 3 nitrogen and oxygen atoms in total. The molecule has 0 radical (unpaired) electrons. The molecule has 2 N–H and O–H groups in total. The molecule has 0 unspecified atom stereocenters. The summed E-state index contributed by atoms with van der Waals surface area (Å²) in [4.78, 5) is 8.61. The molecule has 0 amide bonds. The van der Waals surface area contributed by atoms with Crippen LogP contribution in [0.4, 0.5) is 14.7 Å². The number of nitrogens with zero attached hydrogens (tertiary/aromatic N) is 2. The van der Waals surface area contributed by atoms with E-state index >= 15 is 0 Å². The number of benzene rings is 2. The topological polar surface area (TPSA) is 51.8 Å². The highest BCUT2D eigenvalue weighted by Gasteiger charge is 2.10. The zero-order valence-corrected chi connectivity index (χ0v) is 16.9. The maximum Gasteiger partial charge on any atom is 0.220 e. The van der Waals surface area contributed by atoms with Crippen LogP contribution < -0.4 is 5.73 Å². The van der Waals surface area contributed by atoms with Crippen LogP contribution in [0.1, 0.15) is 29.7 Å². The molecule has 0 aliphatic carbocycles. The number of rotatable bonds is 7. The Balaban J connectivity index is 1.68. The van der Waals surface area contributed by atoms with Crippen LogP contribution in [0.3, 0.4) is 0 Å². The Morgan fingerprint density at radius 3 is 2.52 bits per heavy atom. The molecule has 1 heterocycles. The third-order valence-electron chi connectivity index (χ3n) is 4.84. The molecule has 0 atom stereocenters. The predicted molar refractivity (Wildman–Crippen MR) is 114 cm³/mol. The molecule has 0 saturated heterocycles. The minimum Gasteiger partial charge on any atom is -0.368 e. The first-order valence-corrected chi connectivity index (χ1v) is 9.75. The van der Waals surface area contributed by atoms with E-state index in [1.807, 2.05) is 31.2 Å². The summed E-state index contributed by atoms with van der Waals surface area (Å²) in [6.07, 6.45) is 2.91. The summed E-state index contributed by atoms with van der Waals surface area (Å²) in [7, 11) is 0. The SMILES string of the molecule is Cc1c(Cl)cccc1-c1cc(CC/C(=C\F)CCc2ccc(F)cc2)nc(N)n1. The van der Waals surface area contributed by atoms with Gasteiger partial charge in [0.2, 0.25) is 5.95 Å². The van der Waals surface area contributed by atoms with Crippen molar-refractivity contribution in [3.05, 3.63) is 88.1 Å². The fraction of sp³-hybridized carbons (Fsp3) is 0.217. The molecule has 2 aromatic carbocycles. The smallest absolute Gasteiger partial charge is 0.220 e. The van der Waals surface area contributed by atoms with Crippen molar-refractivity contribution >= 4 is 17.5 Å². The van der Waals surface area contributed by atoms with Gasteiger partial charge in [-0.3, -0.25) is 0 Å². The van der Waals surface area contributed by atoms with Crippen LogP contribution in [0.2, 0.25) is 5.02 Å². The van der Waals surface area contributed by atoms with E-state index in [0.29, 0.717) is 48.3 Å². The molecule has 29 heavy (non-hydrogen) atoms. The number of nitrogen functional groups attached to an aromatic ring is 1. The minimum atomic E-state index is -0.276. The van der Waals surface area contributed by atoms with Crippen LogP contribution in [0.15, 0.2) is 60.4 Å². The molecular formula is C23H22ClF2N3. The van der Waals surface area contributed by atoms with Crippen LogP contribution in [0.25, 0.3) is 11.3 Å². The van der Waals surface area contributed by atoms with Crippen molar-refractivity contribution in [3.63, 3.8) is 0 Å². The second-order valence-electron chi connectivity index (χ2n) is 6.91. The standard InChI is InChI=1S/C23H22ClF2N3/c1-15-20(3-2-4-21(15)24)22-13-19(28-23(27)29-22)12-9-17(14-25)6-5-16-7-10-18(26)11-8-16/h2-4,7-8,10-11,13-14H,5-6,9,12H2,1H3,(H2,27,28,29)/b17-14-. The van der Waals surface area contributed by atoms with E-state index in [4.69, 9.17) is 17.3 Å². The molecule has 150 valence electrons. The van der Waals surface area contributed by atoms with Crippen molar-refractivity contribution in [2.45, 2.75) is 32.6 Å². The van der Waals surface area contributed by atoms with Gasteiger partial charge in [0.25, 0.3) is 0 Å². The molecule has 0 aliphatic heterocycles. The predicted octanol–water partition coefficient (Wildman–Crippen LogP) is 6.25. The van der Waals surface area contributed by atoms with Gasteiger partial charge in [0, 0.05) is 16.3 Å². The van der Waals surface area contributed by atoms with E-state index in [9.17, 15) is 8.78 Å². The summed E-state index contributed by atoms with van der Waals surface area (Å²) in [6.45, 7) is 1.93. The minimum absolute atomic E-state index is 0.175. The molecule has 6 heteroatoms. The van der Waals surface area contributed by atoms with Gasteiger partial charge in [0.1, 0.15) is 5.82 Å². The van der Waals surface area contributed by atoms with Crippen LogP contribution in [-0.4, -0.2) is 9.97 Å². The van der Waals surface area contributed by atoms with Crippen molar-refractivity contribution < 1.29 is 8.78 Å². The van der Waals surface area contributed by atoms with Crippen molar-refractivity contribution in [3.8, 4) is 11.3 Å². The summed E-state index contributed by atoms with van der Waals surface area (Å²) in [5.41, 5.74) is 10.8. The van der Waals surface area contributed by atoms with E-state index < -0.39 is 0 Å². The zero-order valence-electron chi connectivity index (χ0n) is 16.1. The lowest BCUT2D eigenvalue weighted by Gasteiger charge is -2.10. The van der Waals surface area contributed by atoms with Gasteiger partial charge < -0.3 is 5.73 Å². The summed E-state index contributed by atoms with van der Waals surface area (Å²) < 4.78 is 26.3. The Hall–Kier alpha value is -2.79. The van der Waals surface area contributed by atoms with Crippen molar-refractivity contribution in [2.75, 3.05) is 5.73 Å². The van der Waals surface area contributed by atoms with E-state index in [-0.39, 0.29) is 11.8 Å². The van der Waals surface area contributed by atoms with Crippen LogP contribution >= 0.6 is 11.6 Å². The van der Waals surface area contributed by atoms with E-state index in [0.717, 1.165) is 22.4 Å². The van der Waals surface area contributed by atoms with Gasteiger partial charge in [-0.05, 0) is 73.6 Å². The molecule has 0 fully saturated rings. The number of nitrogens with two attached hydrogens (primary N) is 1. The van der Waals surface area contributed by atoms with E-state index in [1.54, 1.807) is 12.1 Å². The lowest BCUT2D eigenvalue weighted by atomic mass is 10.00. The third kappa shape index (κ3) is 5.61. The van der Waals surface area contributed by atoms with Gasteiger partial charge in [-0.2, -0.15) is 0 Å². The Labute approximate surface area is 174 Å². The fourth-order valence-corrected chi connectivity index (χ4v) is 3.32. The lowest BCUT2D eigenvalue weighted by molar-refractivity contribution is 0.626. The molecular weight excluding hydrogens is 392 g/mol. The second kappa shape index (κ2) is 9.61. The highest BCUT2D eigenvalue weighted by atomic mass is 35.5. The molecule has 1 aromatic heterocycles. The highest BCUT2D eigenvalue weighted by Crippen LogP contribution is 2.28. The molecule has 3 rings (SSSR count). The number of aromatic nitrogens is 2. The van der Waals surface area contributed by atoms with Gasteiger partial charge in [0.15, 0.2) is 0 Å². The fourth-order valence-electron chi connectivity index (χ4n) is 3.15. The summed E-state index contributed by atoms with van der Waals surface area (Å²) >= 11 is 6.21. The number of allylic oxidation sites excluding steroid dienone is 1. The maximum absolute atomic E-state index is 13.4.